The Balaban J connectivity index is 1.32. The van der Waals surface area contributed by atoms with Crippen molar-refractivity contribution in [3.63, 3.8) is 0 Å². The monoisotopic (exact) mass is 484 g/mol. The molecule has 0 spiro atoms. The fourth-order valence-corrected chi connectivity index (χ4v) is 4.83. The second kappa shape index (κ2) is 8.99. The first-order chi connectivity index (χ1) is 17.6. The van der Waals surface area contributed by atoms with Gasteiger partial charge < -0.3 is 4.90 Å². The van der Waals surface area contributed by atoms with E-state index in [1.54, 1.807) is 39.7 Å². The van der Waals surface area contributed by atoms with Crippen molar-refractivity contribution < 1.29 is 13.6 Å². The summed E-state index contributed by atoms with van der Waals surface area (Å²) >= 11 is 0. The first-order valence-electron chi connectivity index (χ1n) is 11.8. The number of hydrogen-bond acceptors (Lipinski definition) is 4. The molecule has 0 saturated carbocycles. The predicted octanol–water partition coefficient (Wildman–Crippen LogP) is 4.84. The molecule has 0 bridgehead atoms. The van der Waals surface area contributed by atoms with Crippen LogP contribution < -0.4 is 0 Å². The molecule has 1 aromatic carbocycles. The minimum atomic E-state index is -0.425. The average Bonchev–Trinajstić information content (AvgIpc) is 3.63. The van der Waals surface area contributed by atoms with Crippen molar-refractivity contribution in [2.24, 2.45) is 0 Å². The number of likely N-dealkylation sites (tertiary alicyclic amines) is 1. The number of aromatic nitrogens is 5. The lowest BCUT2D eigenvalue weighted by molar-refractivity contribution is 0.0724. The standard InChI is InChI=1S/C27H22F2N6O/c28-18-10-11-22(30-16-18)23-12-15-33(31-23)17-19-6-5-13-34(19)27(36)25-24-9-3-4-14-35(24)32-26(25)20-7-1-2-8-21(20)29/h1-4,7-12,14-16,19H,5-6,13,17H2/t19-/m0/s1. The van der Waals surface area contributed by atoms with Crippen LogP contribution in [-0.4, -0.2) is 47.8 Å². The van der Waals surface area contributed by atoms with Gasteiger partial charge in [-0.25, -0.2) is 13.3 Å². The number of rotatable bonds is 5. The molecule has 0 N–H and O–H groups in total. The van der Waals surface area contributed by atoms with E-state index in [0.29, 0.717) is 46.8 Å². The number of nitrogens with zero attached hydrogens (tertiary/aromatic N) is 6. The molecular formula is C27H22F2N6O. The maximum Gasteiger partial charge on any atom is 0.258 e. The van der Waals surface area contributed by atoms with Gasteiger partial charge in [-0.05, 0) is 55.3 Å². The topological polar surface area (TPSA) is 68.3 Å². The molecule has 36 heavy (non-hydrogen) atoms. The van der Waals surface area contributed by atoms with E-state index in [1.165, 1.54) is 12.1 Å². The van der Waals surface area contributed by atoms with E-state index in [2.05, 4.69) is 15.2 Å². The third-order valence-corrected chi connectivity index (χ3v) is 6.55. The smallest absolute Gasteiger partial charge is 0.258 e. The van der Waals surface area contributed by atoms with Crippen LogP contribution in [0.15, 0.2) is 79.3 Å². The van der Waals surface area contributed by atoms with Crippen molar-refractivity contribution in [3.05, 3.63) is 96.5 Å². The average molecular weight is 485 g/mol. The molecule has 1 saturated heterocycles. The summed E-state index contributed by atoms with van der Waals surface area (Å²) in [5, 5.41) is 9.15. The van der Waals surface area contributed by atoms with Crippen LogP contribution in [-0.2, 0) is 6.54 Å². The van der Waals surface area contributed by atoms with Crippen LogP contribution in [0, 0.1) is 11.6 Å². The molecule has 9 heteroatoms. The maximum atomic E-state index is 14.7. The van der Waals surface area contributed by atoms with Crippen LogP contribution in [0.1, 0.15) is 23.2 Å². The Morgan fingerprint density at radius 3 is 2.64 bits per heavy atom. The van der Waals surface area contributed by atoms with Crippen LogP contribution >= 0.6 is 0 Å². The van der Waals surface area contributed by atoms with Crippen LogP contribution in [0.25, 0.3) is 28.2 Å². The SMILES string of the molecule is O=C(c1c(-c2ccccc2F)nn2ccccc12)N1CCC[C@H]1Cn1ccc(-c2ccc(F)cn2)n1. The quantitative estimate of drug-likeness (QED) is 0.358. The Morgan fingerprint density at radius 2 is 1.81 bits per heavy atom. The van der Waals surface area contributed by atoms with Crippen molar-refractivity contribution in [3.8, 4) is 22.6 Å². The lowest BCUT2D eigenvalue weighted by atomic mass is 10.0. The number of carbonyl (C=O) groups excluding carboxylic acids is 1. The molecule has 1 fully saturated rings. The minimum absolute atomic E-state index is 0.0847. The van der Waals surface area contributed by atoms with Crippen molar-refractivity contribution in [1.29, 1.82) is 0 Å². The molecule has 1 atom stereocenters. The molecule has 5 heterocycles. The van der Waals surface area contributed by atoms with Gasteiger partial charge in [0.25, 0.3) is 5.91 Å². The van der Waals surface area contributed by atoms with E-state index in [9.17, 15) is 13.6 Å². The molecule has 7 nitrogen and oxygen atoms in total. The Labute approximate surface area is 205 Å². The van der Waals surface area contributed by atoms with E-state index in [-0.39, 0.29) is 11.9 Å². The largest absolute Gasteiger partial charge is 0.334 e. The lowest BCUT2D eigenvalue weighted by Crippen LogP contribution is -2.38. The molecule has 1 aliphatic rings. The predicted molar refractivity (Wildman–Crippen MR) is 130 cm³/mol. The maximum absolute atomic E-state index is 14.7. The van der Waals surface area contributed by atoms with E-state index in [1.807, 2.05) is 35.4 Å². The van der Waals surface area contributed by atoms with Crippen LogP contribution in [0.2, 0.25) is 0 Å². The summed E-state index contributed by atoms with van der Waals surface area (Å²) in [6.07, 6.45) is 6.44. The number of carbonyl (C=O) groups is 1. The van der Waals surface area contributed by atoms with Crippen molar-refractivity contribution in [2.45, 2.75) is 25.4 Å². The van der Waals surface area contributed by atoms with Crippen LogP contribution in [0.4, 0.5) is 8.78 Å². The third kappa shape index (κ3) is 3.92. The zero-order valence-electron chi connectivity index (χ0n) is 19.3. The summed E-state index contributed by atoms with van der Waals surface area (Å²) in [5.74, 6) is -1.00. The van der Waals surface area contributed by atoms with Gasteiger partial charge >= 0.3 is 0 Å². The Morgan fingerprint density at radius 1 is 0.944 bits per heavy atom. The first kappa shape index (κ1) is 22.1. The Bertz CT molecular complexity index is 1560. The molecule has 0 radical (unpaired) electrons. The molecular weight excluding hydrogens is 462 g/mol. The summed E-state index contributed by atoms with van der Waals surface area (Å²) in [4.78, 5) is 19.9. The van der Waals surface area contributed by atoms with Gasteiger partial charge in [0.15, 0.2) is 0 Å². The molecule has 1 amide bonds. The summed E-state index contributed by atoms with van der Waals surface area (Å²) in [7, 11) is 0. The highest BCUT2D eigenvalue weighted by atomic mass is 19.1. The number of fused-ring (bicyclic) bond motifs is 1. The highest BCUT2D eigenvalue weighted by Gasteiger charge is 2.34. The second-order valence-corrected chi connectivity index (χ2v) is 8.81. The summed E-state index contributed by atoms with van der Waals surface area (Å²) in [5.41, 5.74) is 2.87. The number of pyridine rings is 2. The Kier molecular flexibility index (Phi) is 5.52. The van der Waals surface area contributed by atoms with Gasteiger partial charge in [0.05, 0.1) is 35.6 Å². The van der Waals surface area contributed by atoms with E-state index >= 15 is 0 Å². The van der Waals surface area contributed by atoms with Crippen molar-refractivity contribution >= 4 is 11.4 Å². The van der Waals surface area contributed by atoms with Gasteiger partial charge in [-0.2, -0.15) is 10.2 Å². The summed E-state index contributed by atoms with van der Waals surface area (Å²) in [6.45, 7) is 1.10. The van der Waals surface area contributed by atoms with E-state index in [0.717, 1.165) is 19.0 Å². The second-order valence-electron chi connectivity index (χ2n) is 8.81. The van der Waals surface area contributed by atoms with Crippen molar-refractivity contribution in [1.82, 2.24) is 29.3 Å². The fraction of sp³-hybridized carbons (Fsp3) is 0.185. The number of halogens is 2. The Hall–Kier alpha value is -4.40. The van der Waals surface area contributed by atoms with Crippen molar-refractivity contribution in [2.75, 3.05) is 6.54 Å². The minimum Gasteiger partial charge on any atom is -0.334 e. The molecule has 5 aromatic rings. The van der Waals surface area contributed by atoms with E-state index < -0.39 is 11.6 Å². The summed E-state index contributed by atoms with van der Waals surface area (Å²) < 4.78 is 31.4. The first-order valence-corrected chi connectivity index (χ1v) is 11.8. The molecule has 4 aromatic heterocycles. The van der Waals surface area contributed by atoms with Gasteiger partial charge in [-0.1, -0.05) is 18.2 Å². The normalized spacial score (nSPS) is 15.6. The highest BCUT2D eigenvalue weighted by molar-refractivity contribution is 6.06. The van der Waals surface area contributed by atoms with Crippen LogP contribution in [0.5, 0.6) is 0 Å². The van der Waals surface area contributed by atoms with Gasteiger partial charge in [0.1, 0.15) is 23.0 Å². The van der Waals surface area contributed by atoms with E-state index in [4.69, 9.17) is 0 Å². The molecule has 0 unspecified atom stereocenters. The molecule has 6 rings (SSSR count). The zero-order chi connectivity index (χ0) is 24.6. The highest BCUT2D eigenvalue weighted by Crippen LogP contribution is 2.32. The molecule has 180 valence electrons. The summed E-state index contributed by atoms with van der Waals surface area (Å²) in [6, 6.07) is 16.5. The van der Waals surface area contributed by atoms with Crippen LogP contribution in [0.3, 0.4) is 0 Å². The van der Waals surface area contributed by atoms with Gasteiger partial charge in [0, 0.05) is 24.5 Å². The fourth-order valence-electron chi connectivity index (χ4n) is 4.83. The number of amides is 1. The molecule has 0 aliphatic carbocycles. The number of hydrogen-bond donors (Lipinski definition) is 0. The third-order valence-electron chi connectivity index (χ3n) is 6.55. The zero-order valence-corrected chi connectivity index (χ0v) is 19.3. The van der Waals surface area contributed by atoms with Gasteiger partial charge in [-0.15, -0.1) is 0 Å². The van der Waals surface area contributed by atoms with Gasteiger partial charge in [0.2, 0.25) is 0 Å². The van der Waals surface area contributed by atoms with Gasteiger partial charge in [-0.3, -0.25) is 14.5 Å². The lowest BCUT2D eigenvalue weighted by Gasteiger charge is -2.25. The number of benzene rings is 1. The molecule has 1 aliphatic heterocycles.